The Labute approximate surface area is 98.6 Å². The van der Waals surface area contributed by atoms with Gasteiger partial charge >= 0.3 is 0 Å². The summed E-state index contributed by atoms with van der Waals surface area (Å²) in [5.74, 6) is -0.398. The van der Waals surface area contributed by atoms with Crippen LogP contribution in [0, 0.1) is 0 Å². The van der Waals surface area contributed by atoms with E-state index in [-0.39, 0.29) is 24.0 Å². The van der Waals surface area contributed by atoms with Crippen LogP contribution in [0.2, 0.25) is 0 Å². The second kappa shape index (κ2) is 5.03. The quantitative estimate of drug-likeness (QED) is 0.792. The van der Waals surface area contributed by atoms with Crippen LogP contribution in [0.15, 0.2) is 5.38 Å². The minimum Gasteiger partial charge on any atom is -0.322 e. The number of thiazole rings is 1. The maximum Gasteiger partial charge on any atom is 0.183 e. The highest BCUT2D eigenvalue weighted by atomic mass is 32.2. The number of hydrogen-bond acceptors (Lipinski definition) is 6. The predicted molar refractivity (Wildman–Crippen MR) is 63.4 cm³/mol. The lowest BCUT2D eigenvalue weighted by atomic mass is 10.2. The highest BCUT2D eigenvalue weighted by Gasteiger charge is 2.14. The summed E-state index contributed by atoms with van der Waals surface area (Å²) in [4.78, 5) is 15.6. The average Bonchev–Trinajstić information content (AvgIpc) is 2.61. The summed E-state index contributed by atoms with van der Waals surface area (Å²) in [5.41, 5.74) is 5.92. The lowest BCUT2D eigenvalue weighted by molar-refractivity contribution is 0.0984. The molecular weight excluding hydrogens is 248 g/mol. The molecule has 1 aromatic rings. The first kappa shape index (κ1) is 13.3. The van der Waals surface area contributed by atoms with Gasteiger partial charge in [0.2, 0.25) is 0 Å². The smallest absolute Gasteiger partial charge is 0.183 e. The van der Waals surface area contributed by atoms with Crippen molar-refractivity contribution in [2.24, 2.45) is 5.73 Å². The first-order valence-electron chi connectivity index (χ1n) is 4.71. The largest absolute Gasteiger partial charge is 0.322 e. The lowest BCUT2D eigenvalue weighted by Crippen LogP contribution is -2.10. The highest BCUT2D eigenvalue weighted by molar-refractivity contribution is 7.90. The van der Waals surface area contributed by atoms with E-state index in [0.717, 1.165) is 6.26 Å². The molecular formula is C9H14N2O3S2. The van der Waals surface area contributed by atoms with Crippen molar-refractivity contribution >= 4 is 27.0 Å². The molecule has 1 atom stereocenters. The molecule has 7 heteroatoms. The Morgan fingerprint density at radius 1 is 1.62 bits per heavy atom. The molecule has 0 saturated heterocycles. The van der Waals surface area contributed by atoms with Crippen LogP contribution in [0.5, 0.6) is 0 Å². The van der Waals surface area contributed by atoms with E-state index >= 15 is 0 Å². The van der Waals surface area contributed by atoms with E-state index in [0.29, 0.717) is 10.7 Å². The molecule has 16 heavy (non-hydrogen) atoms. The van der Waals surface area contributed by atoms with Gasteiger partial charge in [0.15, 0.2) is 5.78 Å². The number of nitrogens with zero attached hydrogens (tertiary/aromatic N) is 1. The summed E-state index contributed by atoms with van der Waals surface area (Å²) in [6, 6.07) is -0.207. The molecule has 0 aliphatic carbocycles. The Balaban J connectivity index is 2.67. The van der Waals surface area contributed by atoms with Gasteiger partial charge in [-0.3, -0.25) is 4.79 Å². The fraction of sp³-hybridized carbons (Fsp3) is 0.556. The van der Waals surface area contributed by atoms with Gasteiger partial charge in [0, 0.05) is 18.1 Å². The van der Waals surface area contributed by atoms with Crippen molar-refractivity contribution in [2.45, 2.75) is 19.4 Å². The van der Waals surface area contributed by atoms with E-state index in [1.54, 1.807) is 12.3 Å². The summed E-state index contributed by atoms with van der Waals surface area (Å²) in [5, 5.41) is 2.30. The molecule has 0 radical (unpaired) electrons. The Morgan fingerprint density at radius 3 is 2.69 bits per heavy atom. The van der Waals surface area contributed by atoms with Crippen LogP contribution in [0.1, 0.15) is 34.9 Å². The fourth-order valence-electron chi connectivity index (χ4n) is 1.03. The van der Waals surface area contributed by atoms with E-state index in [2.05, 4.69) is 4.98 Å². The van der Waals surface area contributed by atoms with Crippen molar-refractivity contribution in [1.82, 2.24) is 4.98 Å². The average molecular weight is 262 g/mol. The minimum atomic E-state index is -3.11. The summed E-state index contributed by atoms with van der Waals surface area (Å²) < 4.78 is 21.8. The van der Waals surface area contributed by atoms with Crippen LogP contribution in [-0.2, 0) is 9.84 Å². The zero-order chi connectivity index (χ0) is 12.3. The first-order chi connectivity index (χ1) is 7.29. The molecule has 0 saturated carbocycles. The second-order valence-corrected chi connectivity index (χ2v) is 6.81. The number of hydrogen-bond donors (Lipinski definition) is 1. The molecule has 1 unspecified atom stereocenters. The first-order valence-corrected chi connectivity index (χ1v) is 7.65. The summed E-state index contributed by atoms with van der Waals surface area (Å²) in [6.45, 7) is 1.78. The molecule has 5 nitrogen and oxygen atoms in total. The minimum absolute atomic E-state index is 0.0268. The number of carbonyl (C=O) groups excluding carboxylic acids is 1. The van der Waals surface area contributed by atoms with Gasteiger partial charge < -0.3 is 5.73 Å². The van der Waals surface area contributed by atoms with Gasteiger partial charge in [0.05, 0.1) is 11.8 Å². The van der Waals surface area contributed by atoms with E-state index in [9.17, 15) is 13.2 Å². The Kier molecular flexibility index (Phi) is 4.17. The summed E-state index contributed by atoms with van der Waals surface area (Å²) in [6.07, 6.45) is 1.08. The monoisotopic (exact) mass is 262 g/mol. The molecule has 0 spiro atoms. The molecule has 1 rings (SSSR count). The molecule has 0 bridgehead atoms. The third-order valence-corrected chi connectivity index (χ3v) is 3.89. The number of sulfone groups is 1. The molecule has 0 amide bonds. The van der Waals surface area contributed by atoms with Crippen molar-refractivity contribution in [3.8, 4) is 0 Å². The van der Waals surface area contributed by atoms with E-state index < -0.39 is 9.84 Å². The molecule has 1 aromatic heterocycles. The van der Waals surface area contributed by atoms with Crippen molar-refractivity contribution in [3.05, 3.63) is 16.1 Å². The van der Waals surface area contributed by atoms with Crippen LogP contribution in [-0.4, -0.2) is 31.2 Å². The third kappa shape index (κ3) is 3.99. The number of ketones is 1. The maximum atomic E-state index is 11.6. The maximum absolute atomic E-state index is 11.6. The van der Waals surface area contributed by atoms with Crippen LogP contribution in [0.3, 0.4) is 0 Å². The van der Waals surface area contributed by atoms with Crippen LogP contribution in [0.4, 0.5) is 0 Å². The zero-order valence-corrected chi connectivity index (χ0v) is 10.8. The number of Topliss-reactive ketones (excluding diaryl/α,β-unsaturated/α-hetero) is 1. The van der Waals surface area contributed by atoms with Crippen molar-refractivity contribution < 1.29 is 13.2 Å². The molecule has 0 aliphatic rings. The van der Waals surface area contributed by atoms with Gasteiger partial charge in [0.25, 0.3) is 0 Å². The standard InChI is InChI=1S/C9H14N2O3S2/c1-6(10)9-11-7(5-15-9)8(12)3-4-16(2,13)14/h5-6H,3-4,10H2,1-2H3. The lowest BCUT2D eigenvalue weighted by Gasteiger charge is -1.98. The van der Waals surface area contributed by atoms with Gasteiger partial charge in [-0.05, 0) is 6.92 Å². The van der Waals surface area contributed by atoms with Gasteiger partial charge in [-0.25, -0.2) is 13.4 Å². The number of carbonyl (C=O) groups is 1. The summed E-state index contributed by atoms with van der Waals surface area (Å²) >= 11 is 1.31. The van der Waals surface area contributed by atoms with Gasteiger partial charge in [0.1, 0.15) is 20.5 Å². The number of rotatable bonds is 5. The SMILES string of the molecule is CC(N)c1nc(C(=O)CCS(C)(=O)=O)cs1. The van der Waals surface area contributed by atoms with E-state index in [1.165, 1.54) is 11.3 Å². The molecule has 0 fully saturated rings. The van der Waals surface area contributed by atoms with Crippen LogP contribution >= 0.6 is 11.3 Å². The topological polar surface area (TPSA) is 90.1 Å². The Morgan fingerprint density at radius 2 is 2.25 bits per heavy atom. The van der Waals surface area contributed by atoms with Gasteiger partial charge in [-0.1, -0.05) is 0 Å². The molecule has 1 heterocycles. The van der Waals surface area contributed by atoms with Crippen molar-refractivity contribution in [1.29, 1.82) is 0 Å². The molecule has 2 N–H and O–H groups in total. The number of nitrogens with two attached hydrogens (primary N) is 1. The normalized spacial score (nSPS) is 13.7. The third-order valence-electron chi connectivity index (χ3n) is 1.90. The zero-order valence-electron chi connectivity index (χ0n) is 9.13. The van der Waals surface area contributed by atoms with Crippen molar-refractivity contribution in [3.63, 3.8) is 0 Å². The van der Waals surface area contributed by atoms with Crippen molar-refractivity contribution in [2.75, 3.05) is 12.0 Å². The predicted octanol–water partition coefficient (Wildman–Crippen LogP) is 0.780. The Bertz CT molecular complexity index is 477. The van der Waals surface area contributed by atoms with E-state index in [4.69, 9.17) is 5.73 Å². The van der Waals surface area contributed by atoms with Crippen LogP contribution < -0.4 is 5.73 Å². The van der Waals surface area contributed by atoms with Gasteiger partial charge in [-0.2, -0.15) is 0 Å². The Hall–Kier alpha value is -0.790. The van der Waals surface area contributed by atoms with Gasteiger partial charge in [-0.15, -0.1) is 11.3 Å². The second-order valence-electron chi connectivity index (χ2n) is 3.66. The van der Waals surface area contributed by atoms with E-state index in [1.807, 2.05) is 0 Å². The molecule has 0 aromatic carbocycles. The fourth-order valence-corrected chi connectivity index (χ4v) is 2.37. The van der Waals surface area contributed by atoms with Crippen LogP contribution in [0.25, 0.3) is 0 Å². The highest BCUT2D eigenvalue weighted by Crippen LogP contribution is 2.16. The number of aromatic nitrogens is 1. The molecule has 90 valence electrons. The summed E-state index contributed by atoms with van der Waals surface area (Å²) in [7, 11) is -3.11. The molecule has 0 aliphatic heterocycles.